The van der Waals surface area contributed by atoms with Gasteiger partial charge in [0, 0.05) is 12.6 Å². The van der Waals surface area contributed by atoms with E-state index in [9.17, 15) is 0 Å². The number of hydrogen-bond acceptors (Lipinski definition) is 3. The van der Waals surface area contributed by atoms with Gasteiger partial charge in [0.1, 0.15) is 11.8 Å². The molecule has 0 radical (unpaired) electrons. The van der Waals surface area contributed by atoms with E-state index in [-0.39, 0.29) is 0 Å². The van der Waals surface area contributed by atoms with Crippen molar-refractivity contribution in [2.75, 3.05) is 19.0 Å². The van der Waals surface area contributed by atoms with E-state index in [2.05, 4.69) is 18.3 Å². The molecule has 0 amide bonds. The number of ether oxygens (including phenoxy) is 1. The van der Waals surface area contributed by atoms with E-state index in [1.807, 2.05) is 12.1 Å². The van der Waals surface area contributed by atoms with E-state index in [0.717, 1.165) is 18.0 Å². The molecule has 1 saturated carbocycles. The van der Waals surface area contributed by atoms with Crippen LogP contribution in [0.15, 0.2) is 18.2 Å². The van der Waals surface area contributed by atoms with Gasteiger partial charge < -0.3 is 10.1 Å². The monoisotopic (exact) mass is 230 g/mol. The maximum atomic E-state index is 9.05. The first kappa shape index (κ1) is 11.8. The molecule has 1 fully saturated rings. The molecule has 2 rings (SSSR count). The highest BCUT2D eigenvalue weighted by molar-refractivity contribution is 5.60. The van der Waals surface area contributed by atoms with Crippen molar-refractivity contribution >= 4 is 5.69 Å². The number of nitrogens with one attached hydrogen (secondary N) is 1. The molecule has 90 valence electrons. The topological polar surface area (TPSA) is 45.0 Å². The van der Waals surface area contributed by atoms with Gasteiger partial charge >= 0.3 is 0 Å². The van der Waals surface area contributed by atoms with Gasteiger partial charge in [-0.1, -0.05) is 13.3 Å². The normalized spacial score (nSPS) is 16.8. The zero-order chi connectivity index (χ0) is 12.3. The van der Waals surface area contributed by atoms with Crippen molar-refractivity contribution in [1.82, 2.24) is 0 Å². The van der Waals surface area contributed by atoms with E-state index < -0.39 is 0 Å². The van der Waals surface area contributed by atoms with E-state index in [1.165, 1.54) is 19.3 Å². The largest absolute Gasteiger partial charge is 0.497 e. The molecule has 0 atom stereocenters. The molecule has 0 heterocycles. The molecular weight excluding hydrogens is 212 g/mol. The Balaban J connectivity index is 2.10. The lowest BCUT2D eigenvalue weighted by Crippen LogP contribution is -2.33. The molecule has 1 aliphatic carbocycles. The third-order valence-corrected chi connectivity index (χ3v) is 3.61. The minimum Gasteiger partial charge on any atom is -0.497 e. The quantitative estimate of drug-likeness (QED) is 0.864. The SMILES string of the molecule is COc1ccc(C#N)c(NCC2(C)CCC2)c1. The van der Waals surface area contributed by atoms with Crippen LogP contribution in [0.2, 0.25) is 0 Å². The van der Waals surface area contributed by atoms with Crippen molar-refractivity contribution in [2.45, 2.75) is 26.2 Å². The van der Waals surface area contributed by atoms with Crippen LogP contribution >= 0.6 is 0 Å². The Morgan fingerprint density at radius 1 is 1.47 bits per heavy atom. The number of nitriles is 1. The number of benzene rings is 1. The Hall–Kier alpha value is -1.69. The summed E-state index contributed by atoms with van der Waals surface area (Å²) < 4.78 is 5.18. The molecule has 1 aromatic rings. The molecule has 0 bridgehead atoms. The number of methoxy groups -OCH3 is 1. The zero-order valence-electron chi connectivity index (χ0n) is 10.4. The molecule has 0 aromatic heterocycles. The molecule has 0 aliphatic heterocycles. The van der Waals surface area contributed by atoms with E-state index in [1.54, 1.807) is 13.2 Å². The van der Waals surface area contributed by atoms with E-state index in [4.69, 9.17) is 10.00 Å². The second-order valence-electron chi connectivity index (χ2n) is 5.04. The first-order chi connectivity index (χ1) is 8.17. The first-order valence-corrected chi connectivity index (χ1v) is 5.99. The summed E-state index contributed by atoms with van der Waals surface area (Å²) in [5.41, 5.74) is 1.95. The lowest BCUT2D eigenvalue weighted by molar-refractivity contribution is 0.180. The Kier molecular flexibility index (Phi) is 3.23. The van der Waals surface area contributed by atoms with Crippen LogP contribution in [0.1, 0.15) is 31.7 Å². The molecule has 0 unspecified atom stereocenters. The highest BCUT2D eigenvalue weighted by Gasteiger charge is 2.31. The fourth-order valence-electron chi connectivity index (χ4n) is 2.16. The van der Waals surface area contributed by atoms with Crippen molar-refractivity contribution in [3.63, 3.8) is 0 Å². The second kappa shape index (κ2) is 4.67. The van der Waals surface area contributed by atoms with E-state index >= 15 is 0 Å². The van der Waals surface area contributed by atoms with Crippen molar-refractivity contribution in [1.29, 1.82) is 5.26 Å². The van der Waals surface area contributed by atoms with Gasteiger partial charge in [0.2, 0.25) is 0 Å². The van der Waals surface area contributed by atoms with Gasteiger partial charge in [-0.05, 0) is 30.4 Å². The van der Waals surface area contributed by atoms with Gasteiger partial charge in [-0.25, -0.2) is 0 Å². The Morgan fingerprint density at radius 2 is 2.24 bits per heavy atom. The minimum atomic E-state index is 0.399. The number of hydrogen-bond donors (Lipinski definition) is 1. The van der Waals surface area contributed by atoms with Crippen LogP contribution in [0, 0.1) is 16.7 Å². The predicted octanol–water partition coefficient (Wildman–Crippen LogP) is 3.17. The fourth-order valence-corrected chi connectivity index (χ4v) is 2.16. The molecule has 3 nitrogen and oxygen atoms in total. The summed E-state index contributed by atoms with van der Waals surface area (Å²) in [6.07, 6.45) is 3.86. The van der Waals surface area contributed by atoms with Crippen molar-refractivity contribution in [3.8, 4) is 11.8 Å². The molecule has 1 N–H and O–H groups in total. The third kappa shape index (κ3) is 2.52. The van der Waals surface area contributed by atoms with Crippen LogP contribution in [0.4, 0.5) is 5.69 Å². The van der Waals surface area contributed by atoms with Crippen LogP contribution in [-0.2, 0) is 0 Å². The second-order valence-corrected chi connectivity index (χ2v) is 5.04. The summed E-state index contributed by atoms with van der Waals surface area (Å²) in [4.78, 5) is 0. The van der Waals surface area contributed by atoms with Gasteiger partial charge in [0.05, 0.1) is 18.4 Å². The molecule has 3 heteroatoms. The van der Waals surface area contributed by atoms with Crippen LogP contribution < -0.4 is 10.1 Å². The van der Waals surface area contributed by atoms with Crippen molar-refractivity contribution in [2.24, 2.45) is 5.41 Å². The van der Waals surface area contributed by atoms with Crippen LogP contribution in [0.3, 0.4) is 0 Å². The highest BCUT2D eigenvalue weighted by Crippen LogP contribution is 2.40. The van der Waals surface area contributed by atoms with Gasteiger partial charge in [-0.15, -0.1) is 0 Å². The summed E-state index contributed by atoms with van der Waals surface area (Å²) in [5, 5.41) is 12.4. The molecule has 0 spiro atoms. The Bertz CT molecular complexity index is 444. The van der Waals surface area contributed by atoms with Crippen molar-refractivity contribution < 1.29 is 4.74 Å². The molecule has 17 heavy (non-hydrogen) atoms. The van der Waals surface area contributed by atoms with Gasteiger partial charge in [0.15, 0.2) is 0 Å². The van der Waals surface area contributed by atoms with Crippen LogP contribution in [-0.4, -0.2) is 13.7 Å². The first-order valence-electron chi connectivity index (χ1n) is 5.99. The van der Waals surface area contributed by atoms with Gasteiger partial charge in [0.25, 0.3) is 0 Å². The maximum absolute atomic E-state index is 9.05. The number of anilines is 1. The Morgan fingerprint density at radius 3 is 2.76 bits per heavy atom. The predicted molar refractivity (Wildman–Crippen MR) is 68.2 cm³/mol. The van der Waals surface area contributed by atoms with Gasteiger partial charge in [-0.3, -0.25) is 0 Å². The molecule has 1 aliphatic rings. The Labute approximate surface area is 102 Å². The molecule has 0 saturated heterocycles. The summed E-state index contributed by atoms with van der Waals surface area (Å²) in [7, 11) is 1.64. The minimum absolute atomic E-state index is 0.399. The number of rotatable bonds is 4. The molecule has 1 aromatic carbocycles. The summed E-state index contributed by atoms with van der Waals surface area (Å²) in [5.74, 6) is 0.783. The van der Waals surface area contributed by atoms with Crippen LogP contribution in [0.5, 0.6) is 5.75 Å². The highest BCUT2D eigenvalue weighted by atomic mass is 16.5. The zero-order valence-corrected chi connectivity index (χ0v) is 10.4. The average Bonchev–Trinajstić information content (AvgIpc) is 2.33. The van der Waals surface area contributed by atoms with Crippen molar-refractivity contribution in [3.05, 3.63) is 23.8 Å². The fraction of sp³-hybridized carbons (Fsp3) is 0.500. The lowest BCUT2D eigenvalue weighted by Gasteiger charge is -2.38. The smallest absolute Gasteiger partial charge is 0.121 e. The lowest BCUT2D eigenvalue weighted by atomic mass is 9.70. The average molecular weight is 230 g/mol. The van der Waals surface area contributed by atoms with Crippen LogP contribution in [0.25, 0.3) is 0 Å². The van der Waals surface area contributed by atoms with E-state index in [0.29, 0.717) is 11.0 Å². The molecular formula is C14H18N2O. The number of nitrogens with zero attached hydrogens (tertiary/aromatic N) is 1. The van der Waals surface area contributed by atoms with Gasteiger partial charge in [-0.2, -0.15) is 5.26 Å². The maximum Gasteiger partial charge on any atom is 0.121 e. The third-order valence-electron chi connectivity index (χ3n) is 3.61. The summed E-state index contributed by atoms with van der Waals surface area (Å²) >= 11 is 0. The standard InChI is InChI=1S/C14H18N2O/c1-14(6-3-7-14)10-16-13-8-12(17-2)5-4-11(13)9-15/h4-5,8,16H,3,6-7,10H2,1-2H3. The summed E-state index contributed by atoms with van der Waals surface area (Å²) in [6.45, 7) is 3.21. The summed E-state index contributed by atoms with van der Waals surface area (Å²) in [6, 6.07) is 7.70.